The summed E-state index contributed by atoms with van der Waals surface area (Å²) in [4.78, 5) is 25.6. The zero-order valence-electron chi connectivity index (χ0n) is 9.78. The standard InChI is InChI=1S/C11H18N2O3/c1-11(10(15)16-2)4-3-5-13(11)9(14)8-6-12-7-8/h8,12H,3-7H2,1-2H3/t11-/m0/s1. The highest BCUT2D eigenvalue weighted by atomic mass is 16.5. The van der Waals surface area contributed by atoms with Crippen LogP contribution in [0.25, 0.3) is 0 Å². The topological polar surface area (TPSA) is 58.6 Å². The predicted molar refractivity (Wildman–Crippen MR) is 57.7 cm³/mol. The number of nitrogens with zero attached hydrogens (tertiary/aromatic N) is 1. The molecule has 90 valence electrons. The van der Waals surface area contributed by atoms with E-state index in [1.54, 1.807) is 11.8 Å². The zero-order chi connectivity index (χ0) is 11.8. The van der Waals surface area contributed by atoms with Gasteiger partial charge in [-0.3, -0.25) is 4.79 Å². The van der Waals surface area contributed by atoms with E-state index in [9.17, 15) is 9.59 Å². The Hall–Kier alpha value is -1.10. The molecule has 0 spiro atoms. The summed E-state index contributed by atoms with van der Waals surface area (Å²) in [6.45, 7) is 3.93. The number of methoxy groups -OCH3 is 1. The Bertz CT molecular complexity index is 314. The number of hydrogen-bond acceptors (Lipinski definition) is 4. The van der Waals surface area contributed by atoms with Gasteiger partial charge in [-0.15, -0.1) is 0 Å². The number of carbonyl (C=O) groups excluding carboxylic acids is 2. The van der Waals surface area contributed by atoms with Crippen molar-refractivity contribution in [1.29, 1.82) is 0 Å². The Morgan fingerprint density at radius 2 is 2.12 bits per heavy atom. The second-order valence-electron chi connectivity index (χ2n) is 4.71. The molecule has 0 aliphatic carbocycles. The van der Waals surface area contributed by atoms with Crippen molar-refractivity contribution in [3.8, 4) is 0 Å². The van der Waals surface area contributed by atoms with Gasteiger partial charge in [0.05, 0.1) is 13.0 Å². The molecule has 2 saturated heterocycles. The van der Waals surface area contributed by atoms with Crippen LogP contribution in [0.5, 0.6) is 0 Å². The molecule has 2 aliphatic heterocycles. The number of hydrogen-bond donors (Lipinski definition) is 1. The third-order valence-electron chi connectivity index (χ3n) is 3.66. The van der Waals surface area contributed by atoms with Crippen LogP contribution in [-0.4, -0.2) is 49.1 Å². The summed E-state index contributed by atoms with van der Waals surface area (Å²) in [5.74, 6) is -0.170. The summed E-state index contributed by atoms with van der Waals surface area (Å²) in [5, 5.41) is 3.07. The highest BCUT2D eigenvalue weighted by Gasteiger charge is 2.48. The van der Waals surface area contributed by atoms with Crippen LogP contribution in [-0.2, 0) is 14.3 Å². The summed E-state index contributed by atoms with van der Waals surface area (Å²) in [6, 6.07) is 0. The Labute approximate surface area is 95.1 Å². The highest BCUT2D eigenvalue weighted by molar-refractivity contribution is 5.90. The lowest BCUT2D eigenvalue weighted by Gasteiger charge is -2.37. The fourth-order valence-corrected chi connectivity index (χ4v) is 2.43. The van der Waals surface area contributed by atoms with E-state index in [2.05, 4.69) is 5.32 Å². The van der Waals surface area contributed by atoms with Gasteiger partial charge in [-0.25, -0.2) is 4.79 Å². The molecule has 0 aromatic heterocycles. The number of amides is 1. The Kier molecular flexibility index (Phi) is 2.88. The van der Waals surface area contributed by atoms with Crippen LogP contribution >= 0.6 is 0 Å². The highest BCUT2D eigenvalue weighted by Crippen LogP contribution is 2.31. The van der Waals surface area contributed by atoms with E-state index >= 15 is 0 Å². The lowest BCUT2D eigenvalue weighted by molar-refractivity contribution is -0.160. The molecule has 0 aromatic rings. The van der Waals surface area contributed by atoms with E-state index in [0.29, 0.717) is 13.0 Å². The summed E-state index contributed by atoms with van der Waals surface area (Å²) >= 11 is 0. The van der Waals surface area contributed by atoms with Crippen molar-refractivity contribution in [2.45, 2.75) is 25.3 Å². The molecule has 2 rings (SSSR count). The van der Waals surface area contributed by atoms with Crippen LogP contribution in [0, 0.1) is 5.92 Å². The molecule has 2 aliphatic rings. The molecular formula is C11H18N2O3. The van der Waals surface area contributed by atoms with Gasteiger partial charge in [0, 0.05) is 19.6 Å². The molecule has 0 aromatic carbocycles. The molecule has 1 amide bonds. The first kappa shape index (κ1) is 11.4. The first-order chi connectivity index (χ1) is 7.59. The van der Waals surface area contributed by atoms with Crippen molar-refractivity contribution in [2.75, 3.05) is 26.7 Å². The van der Waals surface area contributed by atoms with E-state index in [-0.39, 0.29) is 17.8 Å². The van der Waals surface area contributed by atoms with Crippen molar-refractivity contribution in [2.24, 2.45) is 5.92 Å². The molecule has 0 saturated carbocycles. The summed E-state index contributed by atoms with van der Waals surface area (Å²) in [7, 11) is 1.37. The Balaban J connectivity index is 2.13. The van der Waals surface area contributed by atoms with Gasteiger partial charge < -0.3 is 15.0 Å². The number of carbonyl (C=O) groups is 2. The minimum Gasteiger partial charge on any atom is -0.467 e. The van der Waals surface area contributed by atoms with E-state index in [4.69, 9.17) is 4.74 Å². The van der Waals surface area contributed by atoms with E-state index in [1.807, 2.05) is 0 Å². The van der Waals surface area contributed by atoms with Crippen molar-refractivity contribution in [1.82, 2.24) is 10.2 Å². The number of esters is 1. The molecule has 1 atom stereocenters. The summed E-state index contributed by atoms with van der Waals surface area (Å²) in [5.41, 5.74) is -0.749. The van der Waals surface area contributed by atoms with Gasteiger partial charge in [-0.2, -0.15) is 0 Å². The summed E-state index contributed by atoms with van der Waals surface area (Å²) < 4.78 is 4.80. The van der Waals surface area contributed by atoms with Crippen molar-refractivity contribution in [3.05, 3.63) is 0 Å². The quantitative estimate of drug-likeness (QED) is 0.660. The Morgan fingerprint density at radius 1 is 1.44 bits per heavy atom. The number of likely N-dealkylation sites (tertiary alicyclic amines) is 1. The first-order valence-electron chi connectivity index (χ1n) is 5.70. The molecule has 2 heterocycles. The first-order valence-corrected chi connectivity index (χ1v) is 5.70. The van der Waals surface area contributed by atoms with Gasteiger partial charge >= 0.3 is 5.97 Å². The van der Waals surface area contributed by atoms with Gasteiger partial charge in [-0.1, -0.05) is 0 Å². The SMILES string of the molecule is COC(=O)[C@]1(C)CCCN1C(=O)C1CNC1. The van der Waals surface area contributed by atoms with Crippen molar-refractivity contribution < 1.29 is 14.3 Å². The van der Waals surface area contributed by atoms with Crippen molar-refractivity contribution >= 4 is 11.9 Å². The molecule has 0 unspecified atom stereocenters. The van der Waals surface area contributed by atoms with Gasteiger partial charge in [0.25, 0.3) is 0 Å². The van der Waals surface area contributed by atoms with Crippen LogP contribution in [0.4, 0.5) is 0 Å². The van der Waals surface area contributed by atoms with E-state index < -0.39 is 5.54 Å². The van der Waals surface area contributed by atoms with E-state index in [1.165, 1.54) is 7.11 Å². The minimum absolute atomic E-state index is 0.0436. The number of ether oxygens (including phenoxy) is 1. The zero-order valence-corrected chi connectivity index (χ0v) is 9.78. The van der Waals surface area contributed by atoms with Crippen LogP contribution in [0.2, 0.25) is 0 Å². The second kappa shape index (κ2) is 4.05. The molecule has 0 bridgehead atoms. The second-order valence-corrected chi connectivity index (χ2v) is 4.71. The maximum atomic E-state index is 12.1. The minimum atomic E-state index is -0.749. The Morgan fingerprint density at radius 3 is 2.62 bits per heavy atom. The number of nitrogens with one attached hydrogen (secondary N) is 1. The average Bonchev–Trinajstić information content (AvgIpc) is 2.57. The van der Waals surface area contributed by atoms with Gasteiger partial charge in [0.15, 0.2) is 0 Å². The molecule has 2 fully saturated rings. The largest absolute Gasteiger partial charge is 0.467 e. The molecular weight excluding hydrogens is 208 g/mol. The maximum Gasteiger partial charge on any atom is 0.331 e. The molecule has 5 nitrogen and oxygen atoms in total. The van der Waals surface area contributed by atoms with Crippen LogP contribution in [0.3, 0.4) is 0 Å². The van der Waals surface area contributed by atoms with Crippen LogP contribution in [0.1, 0.15) is 19.8 Å². The molecule has 16 heavy (non-hydrogen) atoms. The monoisotopic (exact) mass is 226 g/mol. The van der Waals surface area contributed by atoms with Crippen LogP contribution in [0.15, 0.2) is 0 Å². The van der Waals surface area contributed by atoms with Crippen molar-refractivity contribution in [3.63, 3.8) is 0 Å². The van der Waals surface area contributed by atoms with Gasteiger partial charge in [0.1, 0.15) is 5.54 Å². The molecule has 0 radical (unpaired) electrons. The molecule has 1 N–H and O–H groups in total. The lowest BCUT2D eigenvalue weighted by Crippen LogP contribution is -2.58. The normalized spacial score (nSPS) is 30.0. The fourth-order valence-electron chi connectivity index (χ4n) is 2.43. The predicted octanol–water partition coefficient (Wildman–Crippen LogP) is -0.240. The number of rotatable bonds is 2. The average molecular weight is 226 g/mol. The maximum absolute atomic E-state index is 12.1. The third-order valence-corrected chi connectivity index (χ3v) is 3.66. The van der Waals surface area contributed by atoms with E-state index in [0.717, 1.165) is 19.5 Å². The lowest BCUT2D eigenvalue weighted by atomic mass is 9.95. The smallest absolute Gasteiger partial charge is 0.331 e. The fraction of sp³-hybridized carbons (Fsp3) is 0.818. The van der Waals surface area contributed by atoms with Gasteiger partial charge in [0.2, 0.25) is 5.91 Å². The molecule has 5 heteroatoms. The summed E-state index contributed by atoms with van der Waals surface area (Å²) in [6.07, 6.45) is 1.57. The van der Waals surface area contributed by atoms with Gasteiger partial charge in [-0.05, 0) is 19.8 Å². The third kappa shape index (κ3) is 1.59. The van der Waals surface area contributed by atoms with Crippen LogP contribution < -0.4 is 5.32 Å².